The van der Waals surface area contributed by atoms with Gasteiger partial charge in [0.2, 0.25) is 5.88 Å². The number of ether oxygens (including phenoxy) is 1. The van der Waals surface area contributed by atoms with Gasteiger partial charge in [-0.1, -0.05) is 19.4 Å². The summed E-state index contributed by atoms with van der Waals surface area (Å²) in [5.41, 5.74) is 6.94. The molecule has 43 heavy (non-hydrogen) atoms. The van der Waals surface area contributed by atoms with Crippen molar-refractivity contribution < 1.29 is 27.9 Å². The van der Waals surface area contributed by atoms with Crippen molar-refractivity contribution >= 4 is 23.4 Å². The zero-order valence-electron chi connectivity index (χ0n) is 24.7. The van der Waals surface area contributed by atoms with E-state index in [-0.39, 0.29) is 17.5 Å². The Labute approximate surface area is 250 Å². The number of unbranched alkanes of at least 4 members (excludes halogenated alkanes) is 1. The summed E-state index contributed by atoms with van der Waals surface area (Å²) in [5.74, 6) is -2.05. The standard InChI is InChI=1S/C32H37F2N5O4/c1-4-5-14-39(32(42)37-29-17-26(31(35)41)27(33)18-28(29)34)24-12-15-38(16-13-24)19-23-8-11-30(36-20(23)2)43-25-9-6-22(7-10-25)21(3)40/h6-11,17-18,24H,4-5,12-16,19H2,1-3H3,(H2,35,41)(H,37,42). The van der Waals surface area contributed by atoms with Crippen LogP contribution in [0.2, 0.25) is 0 Å². The van der Waals surface area contributed by atoms with E-state index in [0.29, 0.717) is 36.3 Å². The summed E-state index contributed by atoms with van der Waals surface area (Å²) >= 11 is 0. The lowest BCUT2D eigenvalue weighted by atomic mass is 10.0. The quantitative estimate of drug-likeness (QED) is 0.261. The number of rotatable bonds is 11. The summed E-state index contributed by atoms with van der Waals surface area (Å²) in [4.78, 5) is 44.9. The Kier molecular flexibility index (Phi) is 10.4. The van der Waals surface area contributed by atoms with Crippen LogP contribution in [0.1, 0.15) is 71.5 Å². The van der Waals surface area contributed by atoms with E-state index in [1.54, 1.807) is 29.2 Å². The van der Waals surface area contributed by atoms with Crippen molar-refractivity contribution in [2.24, 2.45) is 5.73 Å². The normalized spacial score (nSPS) is 13.9. The number of carbonyl (C=O) groups is 3. The molecule has 3 N–H and O–H groups in total. The Balaban J connectivity index is 1.36. The molecule has 0 aliphatic carbocycles. The second-order valence-electron chi connectivity index (χ2n) is 10.7. The van der Waals surface area contributed by atoms with Crippen molar-refractivity contribution in [3.05, 3.63) is 82.5 Å². The number of halogens is 2. The van der Waals surface area contributed by atoms with E-state index in [9.17, 15) is 23.2 Å². The minimum absolute atomic E-state index is 0.00797. The van der Waals surface area contributed by atoms with Gasteiger partial charge in [-0.05, 0) is 69.0 Å². The van der Waals surface area contributed by atoms with Crippen molar-refractivity contribution in [2.45, 2.75) is 59.0 Å². The lowest BCUT2D eigenvalue weighted by Gasteiger charge is -2.38. The molecule has 9 nitrogen and oxygen atoms in total. The van der Waals surface area contributed by atoms with Crippen LogP contribution in [0.15, 0.2) is 48.5 Å². The maximum Gasteiger partial charge on any atom is 0.322 e. The molecule has 0 bridgehead atoms. The fourth-order valence-corrected chi connectivity index (χ4v) is 5.10. The maximum absolute atomic E-state index is 14.4. The van der Waals surface area contributed by atoms with Crippen molar-refractivity contribution in [2.75, 3.05) is 25.0 Å². The van der Waals surface area contributed by atoms with Gasteiger partial charge in [0, 0.05) is 55.6 Å². The minimum Gasteiger partial charge on any atom is -0.439 e. The number of likely N-dealkylation sites (tertiary alicyclic amines) is 1. The summed E-state index contributed by atoms with van der Waals surface area (Å²) in [6.45, 7) is 8.15. The van der Waals surface area contributed by atoms with Crippen LogP contribution in [0.3, 0.4) is 0 Å². The molecular weight excluding hydrogens is 556 g/mol. The van der Waals surface area contributed by atoms with Crippen molar-refractivity contribution in [1.29, 1.82) is 0 Å². The molecule has 1 saturated heterocycles. The monoisotopic (exact) mass is 593 g/mol. The van der Waals surface area contributed by atoms with Gasteiger partial charge in [-0.3, -0.25) is 14.5 Å². The number of primary amides is 1. The average Bonchev–Trinajstić information content (AvgIpc) is 2.97. The van der Waals surface area contributed by atoms with Crippen molar-refractivity contribution in [3.8, 4) is 11.6 Å². The first-order valence-corrected chi connectivity index (χ1v) is 14.4. The molecule has 3 aromatic rings. The number of aromatic nitrogens is 1. The van der Waals surface area contributed by atoms with Crippen LogP contribution in [0.25, 0.3) is 0 Å². The Morgan fingerprint density at radius 3 is 2.37 bits per heavy atom. The Morgan fingerprint density at radius 1 is 1.07 bits per heavy atom. The van der Waals surface area contributed by atoms with Gasteiger partial charge in [-0.2, -0.15) is 0 Å². The Hall–Kier alpha value is -4.38. The van der Waals surface area contributed by atoms with Gasteiger partial charge in [0.15, 0.2) is 5.78 Å². The van der Waals surface area contributed by atoms with Gasteiger partial charge in [0.05, 0.1) is 11.3 Å². The molecule has 3 amide bonds. The fraction of sp³-hybridized carbons (Fsp3) is 0.375. The molecule has 0 spiro atoms. The van der Waals surface area contributed by atoms with Crippen LogP contribution in [-0.4, -0.2) is 58.2 Å². The van der Waals surface area contributed by atoms with Crippen LogP contribution >= 0.6 is 0 Å². The number of piperidine rings is 1. The number of nitrogens with zero attached hydrogens (tertiary/aromatic N) is 3. The molecule has 1 aromatic heterocycles. The third-order valence-corrected chi connectivity index (χ3v) is 7.62. The van der Waals surface area contributed by atoms with Crippen LogP contribution < -0.4 is 15.8 Å². The van der Waals surface area contributed by atoms with E-state index < -0.39 is 29.1 Å². The first kappa shape index (κ1) is 31.6. The van der Waals surface area contributed by atoms with Gasteiger partial charge in [0.1, 0.15) is 17.4 Å². The number of aryl methyl sites for hydroxylation is 1. The fourth-order valence-electron chi connectivity index (χ4n) is 5.10. The third kappa shape index (κ3) is 8.13. The molecular formula is C32H37F2N5O4. The zero-order chi connectivity index (χ0) is 31.1. The smallest absolute Gasteiger partial charge is 0.322 e. The van der Waals surface area contributed by atoms with Crippen LogP contribution in [0, 0.1) is 18.6 Å². The van der Waals surface area contributed by atoms with Crippen LogP contribution in [0.4, 0.5) is 19.3 Å². The van der Waals surface area contributed by atoms with Crippen molar-refractivity contribution in [1.82, 2.24) is 14.8 Å². The second-order valence-corrected chi connectivity index (χ2v) is 10.7. The molecule has 11 heteroatoms. The molecule has 0 unspecified atom stereocenters. The largest absolute Gasteiger partial charge is 0.439 e. The predicted molar refractivity (Wildman–Crippen MR) is 159 cm³/mol. The second kappa shape index (κ2) is 14.2. The molecule has 0 radical (unpaired) electrons. The first-order valence-electron chi connectivity index (χ1n) is 14.4. The number of urea groups is 1. The number of carbonyl (C=O) groups excluding carboxylic acids is 3. The zero-order valence-corrected chi connectivity index (χ0v) is 24.7. The van der Waals surface area contributed by atoms with Gasteiger partial charge in [-0.25, -0.2) is 18.6 Å². The number of pyridine rings is 1. The van der Waals surface area contributed by atoms with E-state index in [0.717, 1.165) is 56.1 Å². The molecule has 0 atom stereocenters. The maximum atomic E-state index is 14.4. The lowest BCUT2D eigenvalue weighted by Crippen LogP contribution is -2.49. The predicted octanol–water partition coefficient (Wildman–Crippen LogP) is 6.06. The highest BCUT2D eigenvalue weighted by Crippen LogP contribution is 2.25. The summed E-state index contributed by atoms with van der Waals surface area (Å²) in [6, 6.07) is 11.7. The third-order valence-electron chi connectivity index (χ3n) is 7.62. The molecule has 1 aliphatic heterocycles. The van der Waals surface area contributed by atoms with E-state index in [1.807, 2.05) is 26.0 Å². The number of Topliss-reactive ketones (excluding diaryl/α,β-unsaturated/α-hetero) is 1. The average molecular weight is 594 g/mol. The highest BCUT2D eigenvalue weighted by atomic mass is 19.1. The number of ketones is 1. The highest BCUT2D eigenvalue weighted by Gasteiger charge is 2.29. The number of amides is 3. The molecule has 2 heterocycles. The van der Waals surface area contributed by atoms with E-state index >= 15 is 0 Å². The molecule has 4 rings (SSSR count). The van der Waals surface area contributed by atoms with Crippen LogP contribution in [0.5, 0.6) is 11.6 Å². The number of hydrogen-bond donors (Lipinski definition) is 2. The number of benzene rings is 2. The minimum atomic E-state index is -1.08. The van der Waals surface area contributed by atoms with Gasteiger partial charge < -0.3 is 20.7 Å². The topological polar surface area (TPSA) is 118 Å². The molecule has 1 aliphatic rings. The molecule has 228 valence electrons. The van der Waals surface area contributed by atoms with Gasteiger partial charge in [-0.15, -0.1) is 0 Å². The lowest BCUT2D eigenvalue weighted by molar-refractivity contribution is 0.0992. The summed E-state index contributed by atoms with van der Waals surface area (Å²) in [6.07, 6.45) is 3.08. The van der Waals surface area contributed by atoms with E-state index in [4.69, 9.17) is 10.5 Å². The highest BCUT2D eigenvalue weighted by molar-refractivity contribution is 5.96. The van der Waals surface area contributed by atoms with Crippen LogP contribution in [-0.2, 0) is 6.54 Å². The number of nitrogens with two attached hydrogens (primary N) is 1. The van der Waals surface area contributed by atoms with E-state index in [2.05, 4.69) is 15.2 Å². The number of anilines is 1. The SMILES string of the molecule is CCCCN(C(=O)Nc1cc(C(N)=O)c(F)cc1F)C1CCN(Cc2ccc(Oc3ccc(C(C)=O)cc3)nc2C)CC1. The molecule has 1 fully saturated rings. The first-order chi connectivity index (χ1) is 20.5. The Bertz CT molecular complexity index is 1470. The van der Waals surface area contributed by atoms with E-state index in [1.165, 1.54) is 6.92 Å². The summed E-state index contributed by atoms with van der Waals surface area (Å²) in [5, 5.41) is 2.52. The molecule has 2 aromatic carbocycles. The van der Waals surface area contributed by atoms with Gasteiger partial charge in [0.25, 0.3) is 5.91 Å². The number of hydrogen-bond acceptors (Lipinski definition) is 6. The summed E-state index contributed by atoms with van der Waals surface area (Å²) < 4.78 is 34.2. The van der Waals surface area contributed by atoms with Gasteiger partial charge >= 0.3 is 6.03 Å². The number of nitrogens with one attached hydrogen (secondary N) is 1. The summed E-state index contributed by atoms with van der Waals surface area (Å²) in [7, 11) is 0. The Morgan fingerprint density at radius 2 is 1.77 bits per heavy atom. The molecule has 0 saturated carbocycles. The van der Waals surface area contributed by atoms with Crippen molar-refractivity contribution in [3.63, 3.8) is 0 Å².